The standard InChI is InChI=1S/C22H29N7OS/c1-13(2)29-19-16(18(27-29)15-7-6-14(3)24-12-15)8-9-17-20(19)31-22(25-17)26-21(30)23-10-11-28(4)5/h6-7,12-13H,8-11H2,1-5H3,(H2,23,25,26,30). The van der Waals surface area contributed by atoms with Gasteiger partial charge in [-0.2, -0.15) is 5.10 Å². The molecule has 0 spiro atoms. The molecule has 0 saturated carbocycles. The maximum atomic E-state index is 12.2. The van der Waals surface area contributed by atoms with Crippen LogP contribution in [0.15, 0.2) is 18.3 Å². The summed E-state index contributed by atoms with van der Waals surface area (Å²) in [6.45, 7) is 7.63. The van der Waals surface area contributed by atoms with Crippen LogP contribution in [-0.4, -0.2) is 57.9 Å². The average Bonchev–Trinajstić information content (AvgIpc) is 3.29. The molecule has 1 aliphatic rings. The van der Waals surface area contributed by atoms with Gasteiger partial charge in [0.15, 0.2) is 5.13 Å². The number of anilines is 1. The van der Waals surface area contributed by atoms with Crippen molar-refractivity contribution in [3.63, 3.8) is 0 Å². The van der Waals surface area contributed by atoms with Gasteiger partial charge in [0.2, 0.25) is 0 Å². The average molecular weight is 440 g/mol. The van der Waals surface area contributed by atoms with Gasteiger partial charge in [-0.25, -0.2) is 9.78 Å². The van der Waals surface area contributed by atoms with Gasteiger partial charge in [-0.15, -0.1) is 0 Å². The molecule has 0 saturated heterocycles. The Kier molecular flexibility index (Phi) is 6.06. The summed E-state index contributed by atoms with van der Waals surface area (Å²) in [5.41, 5.74) is 6.39. The van der Waals surface area contributed by atoms with Crippen molar-refractivity contribution in [3.8, 4) is 21.8 Å². The number of aromatic nitrogens is 4. The fraction of sp³-hybridized carbons (Fsp3) is 0.455. The number of pyridine rings is 1. The van der Waals surface area contributed by atoms with Crippen molar-refractivity contribution in [2.45, 2.75) is 39.7 Å². The lowest BCUT2D eigenvalue weighted by molar-refractivity contribution is 0.250. The van der Waals surface area contributed by atoms with E-state index in [1.54, 1.807) is 0 Å². The summed E-state index contributed by atoms with van der Waals surface area (Å²) >= 11 is 1.52. The second-order valence-electron chi connectivity index (χ2n) is 8.38. The SMILES string of the molecule is Cc1ccc(-c2nn(C(C)C)c3c2CCc2nc(NC(=O)NCCN(C)C)sc2-3)cn1. The minimum atomic E-state index is -0.225. The molecule has 3 heterocycles. The van der Waals surface area contributed by atoms with Crippen LogP contribution in [-0.2, 0) is 12.8 Å². The fourth-order valence-corrected chi connectivity index (χ4v) is 4.77. The molecule has 0 unspecified atom stereocenters. The van der Waals surface area contributed by atoms with E-state index in [4.69, 9.17) is 10.1 Å². The topological polar surface area (TPSA) is 88.0 Å². The molecule has 9 heteroatoms. The zero-order chi connectivity index (χ0) is 22.1. The molecule has 0 bridgehead atoms. The largest absolute Gasteiger partial charge is 0.337 e. The Morgan fingerprint density at radius 2 is 2.10 bits per heavy atom. The van der Waals surface area contributed by atoms with E-state index in [0.29, 0.717) is 11.7 Å². The summed E-state index contributed by atoms with van der Waals surface area (Å²) in [5, 5.41) is 11.4. The molecule has 1 aliphatic carbocycles. The van der Waals surface area contributed by atoms with Crippen molar-refractivity contribution in [3.05, 3.63) is 35.3 Å². The Bertz CT molecular complexity index is 1080. The predicted molar refractivity (Wildman–Crippen MR) is 125 cm³/mol. The van der Waals surface area contributed by atoms with E-state index in [1.807, 2.05) is 38.2 Å². The molecule has 2 amide bonds. The number of carbonyl (C=O) groups excluding carboxylic acids is 1. The van der Waals surface area contributed by atoms with Crippen molar-refractivity contribution in [1.29, 1.82) is 0 Å². The summed E-state index contributed by atoms with van der Waals surface area (Å²) < 4.78 is 2.08. The number of hydrogen-bond acceptors (Lipinski definition) is 6. The van der Waals surface area contributed by atoms with Crippen LogP contribution >= 0.6 is 11.3 Å². The predicted octanol–water partition coefficient (Wildman–Crippen LogP) is 3.74. The smallest absolute Gasteiger partial charge is 0.321 e. The van der Waals surface area contributed by atoms with E-state index in [1.165, 1.54) is 16.9 Å². The summed E-state index contributed by atoms with van der Waals surface area (Å²) in [7, 11) is 3.95. The van der Waals surface area contributed by atoms with E-state index in [9.17, 15) is 4.79 Å². The first-order valence-corrected chi connectivity index (χ1v) is 11.4. The lowest BCUT2D eigenvalue weighted by Gasteiger charge is -2.15. The number of nitrogens with one attached hydrogen (secondary N) is 2. The Hall–Kier alpha value is -2.78. The van der Waals surface area contributed by atoms with Gasteiger partial charge >= 0.3 is 6.03 Å². The van der Waals surface area contributed by atoms with E-state index < -0.39 is 0 Å². The molecular weight excluding hydrogens is 410 g/mol. The van der Waals surface area contributed by atoms with Gasteiger partial charge in [-0.1, -0.05) is 11.3 Å². The number of rotatable bonds is 6. The Morgan fingerprint density at radius 1 is 1.29 bits per heavy atom. The van der Waals surface area contributed by atoms with Gasteiger partial charge in [-0.05, 0) is 59.8 Å². The quantitative estimate of drug-likeness (QED) is 0.611. The van der Waals surface area contributed by atoms with Crippen LogP contribution in [0.1, 0.15) is 36.8 Å². The minimum Gasteiger partial charge on any atom is -0.337 e. The maximum absolute atomic E-state index is 12.2. The lowest BCUT2D eigenvalue weighted by Crippen LogP contribution is -2.34. The van der Waals surface area contributed by atoms with Crippen molar-refractivity contribution in [1.82, 2.24) is 30.0 Å². The number of aryl methyl sites for hydroxylation is 2. The first-order valence-electron chi connectivity index (χ1n) is 10.6. The highest BCUT2D eigenvalue weighted by Gasteiger charge is 2.30. The third-order valence-corrected chi connectivity index (χ3v) is 6.29. The van der Waals surface area contributed by atoms with Crippen molar-refractivity contribution >= 4 is 22.5 Å². The number of fused-ring (bicyclic) bond motifs is 3. The highest BCUT2D eigenvalue weighted by Crippen LogP contribution is 2.43. The molecular formula is C22H29N7OS. The summed E-state index contributed by atoms with van der Waals surface area (Å²) in [6, 6.07) is 4.09. The number of carbonyl (C=O) groups is 1. The number of likely N-dealkylation sites (N-methyl/N-ethyl adjacent to an activating group) is 1. The van der Waals surface area contributed by atoms with Crippen molar-refractivity contribution in [2.75, 3.05) is 32.5 Å². The van der Waals surface area contributed by atoms with Crippen molar-refractivity contribution < 1.29 is 4.79 Å². The van der Waals surface area contributed by atoms with Crippen LogP contribution in [0.4, 0.5) is 9.93 Å². The summed E-state index contributed by atoms with van der Waals surface area (Å²) in [6.07, 6.45) is 3.60. The van der Waals surface area contributed by atoms with Gasteiger partial charge < -0.3 is 10.2 Å². The Labute approximate surface area is 186 Å². The number of urea groups is 1. The normalized spacial score (nSPS) is 12.7. The summed E-state index contributed by atoms with van der Waals surface area (Å²) in [5.74, 6) is 0. The molecule has 4 rings (SSSR count). The van der Waals surface area contributed by atoms with Gasteiger partial charge in [0.25, 0.3) is 0 Å². The van der Waals surface area contributed by atoms with Gasteiger partial charge in [0, 0.05) is 42.1 Å². The molecule has 0 aromatic carbocycles. The first kappa shape index (κ1) is 21.5. The number of nitrogens with zero attached hydrogens (tertiary/aromatic N) is 5. The molecule has 0 atom stereocenters. The number of hydrogen-bond donors (Lipinski definition) is 2. The Balaban J connectivity index is 1.64. The van der Waals surface area contributed by atoms with E-state index in [0.717, 1.165) is 52.6 Å². The van der Waals surface area contributed by atoms with Gasteiger partial charge in [0.1, 0.15) is 0 Å². The van der Waals surface area contributed by atoms with Crippen LogP contribution in [0.25, 0.3) is 21.8 Å². The highest BCUT2D eigenvalue weighted by molar-refractivity contribution is 7.19. The lowest BCUT2D eigenvalue weighted by atomic mass is 9.95. The van der Waals surface area contributed by atoms with E-state index >= 15 is 0 Å². The molecule has 0 aliphatic heterocycles. The van der Waals surface area contributed by atoms with E-state index in [-0.39, 0.29) is 12.1 Å². The molecule has 164 valence electrons. The van der Waals surface area contributed by atoms with Gasteiger partial charge in [0.05, 0.1) is 22.0 Å². The maximum Gasteiger partial charge on any atom is 0.321 e. The molecule has 0 radical (unpaired) electrons. The Morgan fingerprint density at radius 3 is 2.77 bits per heavy atom. The van der Waals surface area contributed by atoms with Crippen LogP contribution < -0.4 is 10.6 Å². The second kappa shape index (κ2) is 8.76. The van der Waals surface area contributed by atoms with E-state index in [2.05, 4.69) is 40.2 Å². The number of thiazole rings is 1. The zero-order valence-electron chi connectivity index (χ0n) is 18.7. The van der Waals surface area contributed by atoms with Crippen LogP contribution in [0.5, 0.6) is 0 Å². The molecule has 31 heavy (non-hydrogen) atoms. The zero-order valence-corrected chi connectivity index (χ0v) is 19.5. The molecule has 8 nitrogen and oxygen atoms in total. The van der Waals surface area contributed by atoms with Crippen molar-refractivity contribution in [2.24, 2.45) is 0 Å². The second-order valence-corrected chi connectivity index (χ2v) is 9.38. The molecule has 0 fully saturated rings. The third kappa shape index (κ3) is 4.47. The number of amides is 2. The van der Waals surface area contributed by atoms with Crippen LogP contribution in [0.3, 0.4) is 0 Å². The monoisotopic (exact) mass is 439 g/mol. The summed E-state index contributed by atoms with van der Waals surface area (Å²) in [4.78, 5) is 24.5. The van der Waals surface area contributed by atoms with Gasteiger partial charge in [-0.3, -0.25) is 15.0 Å². The third-order valence-electron chi connectivity index (χ3n) is 5.27. The minimum absolute atomic E-state index is 0.208. The fourth-order valence-electron chi connectivity index (χ4n) is 3.70. The molecule has 3 aromatic heterocycles. The van der Waals surface area contributed by atoms with Crippen LogP contribution in [0.2, 0.25) is 0 Å². The molecule has 3 aromatic rings. The molecule has 2 N–H and O–H groups in total. The highest BCUT2D eigenvalue weighted by atomic mass is 32.1. The first-order chi connectivity index (χ1) is 14.8. The van der Waals surface area contributed by atoms with Crippen LogP contribution in [0, 0.1) is 6.92 Å².